The predicted octanol–water partition coefficient (Wildman–Crippen LogP) is 2.42. The molecule has 1 N–H and O–H groups in total. The number of imide groups is 1. The molecule has 9 nitrogen and oxygen atoms in total. The monoisotopic (exact) mass is 465 g/mol. The number of oxazole rings is 1. The molecule has 1 aromatic carbocycles. The molecule has 0 spiro atoms. The number of aromatic nitrogens is 1. The van der Waals surface area contributed by atoms with E-state index in [4.69, 9.17) is 9.15 Å². The van der Waals surface area contributed by atoms with Crippen molar-refractivity contribution in [3.8, 4) is 5.75 Å². The highest BCUT2D eigenvalue weighted by Crippen LogP contribution is 2.31. The van der Waals surface area contributed by atoms with Crippen molar-refractivity contribution in [3.63, 3.8) is 0 Å². The van der Waals surface area contributed by atoms with E-state index in [1.807, 2.05) is 0 Å². The Morgan fingerprint density at radius 3 is 2.81 bits per heavy atom. The molecule has 1 saturated carbocycles. The van der Waals surface area contributed by atoms with Gasteiger partial charge in [-0.05, 0) is 42.4 Å². The number of amides is 3. The molecule has 2 fully saturated rings. The number of carbonyl (C=O) groups is 2. The number of anilines is 1. The lowest BCUT2D eigenvalue weighted by molar-refractivity contribution is -0.117. The number of nitrogens with one attached hydrogen (secondary N) is 1. The number of sulfone groups is 1. The minimum absolute atomic E-state index is 0.0254. The summed E-state index contributed by atoms with van der Waals surface area (Å²) in [4.78, 5) is 28.2. The Kier molecular flexibility index (Phi) is 6.18. The van der Waals surface area contributed by atoms with E-state index in [9.17, 15) is 22.4 Å². The largest absolute Gasteiger partial charge is 0.490 e. The van der Waals surface area contributed by atoms with Crippen LogP contribution in [0.15, 0.2) is 28.9 Å². The van der Waals surface area contributed by atoms with E-state index < -0.39 is 27.6 Å². The van der Waals surface area contributed by atoms with Gasteiger partial charge in [-0.25, -0.2) is 17.6 Å². The first-order valence-corrected chi connectivity index (χ1v) is 12.2. The van der Waals surface area contributed by atoms with Gasteiger partial charge >= 0.3 is 6.03 Å². The lowest BCUT2D eigenvalue weighted by Gasteiger charge is -2.14. The Morgan fingerprint density at radius 2 is 2.12 bits per heavy atom. The quantitative estimate of drug-likeness (QED) is 0.535. The molecule has 1 saturated heterocycles. The summed E-state index contributed by atoms with van der Waals surface area (Å²) in [5, 5.41) is 2.13. The van der Waals surface area contributed by atoms with E-state index in [1.165, 1.54) is 12.3 Å². The standard InChI is InChI=1S/C21H24FN3O6S/c1-13(15-4-5-16(22)17(8-15)30-10-14-2-3-14)12-32(28,29)7-6-20-23-18(11-31-20)25-9-19(26)24-21(25)27/h4-5,8,11,13-14H,2-3,6-7,9-10,12H2,1H3,(H,24,26,27)/t13-/m0/s1. The number of halogens is 1. The maximum Gasteiger partial charge on any atom is 0.330 e. The molecular formula is C21H24FN3O6S. The van der Waals surface area contributed by atoms with Crippen LogP contribution < -0.4 is 15.0 Å². The number of aryl methyl sites for hydroxylation is 1. The van der Waals surface area contributed by atoms with Crippen molar-refractivity contribution in [2.75, 3.05) is 29.6 Å². The van der Waals surface area contributed by atoms with Gasteiger partial charge in [0, 0.05) is 6.42 Å². The summed E-state index contributed by atoms with van der Waals surface area (Å²) in [6.07, 6.45) is 3.42. The number of nitrogens with zero attached hydrogens (tertiary/aromatic N) is 2. The molecule has 0 unspecified atom stereocenters. The summed E-state index contributed by atoms with van der Waals surface area (Å²) >= 11 is 0. The van der Waals surface area contributed by atoms with E-state index in [0.29, 0.717) is 18.1 Å². The van der Waals surface area contributed by atoms with Gasteiger partial charge in [-0.1, -0.05) is 13.0 Å². The molecule has 2 aliphatic rings. The Labute approximate surface area is 184 Å². The zero-order chi connectivity index (χ0) is 22.9. The zero-order valence-electron chi connectivity index (χ0n) is 17.5. The van der Waals surface area contributed by atoms with Crippen LogP contribution in [0.3, 0.4) is 0 Å². The van der Waals surface area contributed by atoms with Gasteiger partial charge in [0.15, 0.2) is 33.1 Å². The third-order valence-electron chi connectivity index (χ3n) is 5.44. The molecule has 0 radical (unpaired) electrons. The molecule has 2 aromatic rings. The lowest BCUT2D eigenvalue weighted by Crippen LogP contribution is -2.28. The van der Waals surface area contributed by atoms with Crippen LogP contribution in [0, 0.1) is 11.7 Å². The van der Waals surface area contributed by atoms with Crippen LogP contribution in [-0.4, -0.2) is 50.0 Å². The number of benzene rings is 1. The average Bonchev–Trinajstić information content (AvgIpc) is 3.33. The highest BCUT2D eigenvalue weighted by atomic mass is 32.2. The maximum atomic E-state index is 14.0. The average molecular weight is 466 g/mol. The molecule has 32 heavy (non-hydrogen) atoms. The summed E-state index contributed by atoms with van der Waals surface area (Å²) in [7, 11) is -3.48. The topological polar surface area (TPSA) is 119 Å². The Hall–Kier alpha value is -2.95. The minimum atomic E-state index is -3.48. The molecule has 3 amide bonds. The van der Waals surface area contributed by atoms with Gasteiger partial charge in [0.05, 0.1) is 18.1 Å². The molecule has 1 aliphatic heterocycles. The summed E-state index contributed by atoms with van der Waals surface area (Å²) in [6, 6.07) is 3.84. The number of ether oxygens (including phenoxy) is 1. The first-order chi connectivity index (χ1) is 15.2. The van der Waals surface area contributed by atoms with Gasteiger partial charge < -0.3 is 9.15 Å². The number of hydrogen-bond donors (Lipinski definition) is 1. The molecular weight excluding hydrogens is 441 g/mol. The van der Waals surface area contributed by atoms with E-state index in [1.54, 1.807) is 19.1 Å². The third-order valence-corrected chi connectivity index (χ3v) is 7.27. The molecule has 11 heteroatoms. The second kappa shape index (κ2) is 8.89. The maximum absolute atomic E-state index is 14.0. The van der Waals surface area contributed by atoms with Crippen LogP contribution in [0.1, 0.15) is 37.1 Å². The molecule has 0 bridgehead atoms. The van der Waals surface area contributed by atoms with Gasteiger partial charge in [-0.2, -0.15) is 4.98 Å². The first kappa shape index (κ1) is 22.3. The van der Waals surface area contributed by atoms with Crippen LogP contribution in [0.2, 0.25) is 0 Å². The van der Waals surface area contributed by atoms with Crippen molar-refractivity contribution in [1.82, 2.24) is 10.3 Å². The summed E-state index contributed by atoms with van der Waals surface area (Å²) in [5.74, 6) is -0.660. The minimum Gasteiger partial charge on any atom is -0.490 e. The van der Waals surface area contributed by atoms with Crippen molar-refractivity contribution in [2.45, 2.75) is 32.1 Å². The van der Waals surface area contributed by atoms with Crippen LogP contribution in [0.25, 0.3) is 0 Å². The second-order valence-electron chi connectivity index (χ2n) is 8.25. The third kappa shape index (κ3) is 5.45. The van der Waals surface area contributed by atoms with Crippen LogP contribution >= 0.6 is 0 Å². The highest BCUT2D eigenvalue weighted by molar-refractivity contribution is 7.91. The summed E-state index contributed by atoms with van der Waals surface area (Å²) in [6.45, 7) is 2.07. The van der Waals surface area contributed by atoms with Crippen molar-refractivity contribution in [2.24, 2.45) is 5.92 Å². The van der Waals surface area contributed by atoms with Crippen LogP contribution in [0.5, 0.6) is 5.75 Å². The van der Waals surface area contributed by atoms with E-state index in [-0.39, 0.29) is 47.8 Å². The summed E-state index contributed by atoms with van der Waals surface area (Å²) < 4.78 is 50.1. The zero-order valence-corrected chi connectivity index (χ0v) is 18.4. The number of urea groups is 1. The van der Waals surface area contributed by atoms with Crippen LogP contribution in [0.4, 0.5) is 15.0 Å². The van der Waals surface area contributed by atoms with Crippen molar-refractivity contribution in [3.05, 3.63) is 41.7 Å². The normalized spacial score (nSPS) is 17.5. The van der Waals surface area contributed by atoms with Gasteiger partial charge in [0.2, 0.25) is 5.91 Å². The van der Waals surface area contributed by atoms with E-state index in [0.717, 1.165) is 17.7 Å². The fourth-order valence-corrected chi connectivity index (χ4v) is 5.01. The number of carbonyl (C=O) groups excluding carboxylic acids is 2. The Morgan fingerprint density at radius 1 is 1.34 bits per heavy atom. The Balaban J connectivity index is 1.33. The van der Waals surface area contributed by atoms with Crippen molar-refractivity contribution >= 4 is 27.6 Å². The smallest absolute Gasteiger partial charge is 0.330 e. The lowest BCUT2D eigenvalue weighted by atomic mass is 10.0. The molecule has 2 heterocycles. The fourth-order valence-electron chi connectivity index (χ4n) is 3.40. The SMILES string of the molecule is C[C@@H](CS(=O)(=O)CCc1nc(N2CC(=O)NC2=O)co1)c1ccc(F)c(OCC2CC2)c1. The fraction of sp³-hybridized carbons (Fsp3) is 0.476. The number of hydrogen-bond acceptors (Lipinski definition) is 7. The molecule has 1 atom stereocenters. The highest BCUT2D eigenvalue weighted by Gasteiger charge is 2.30. The molecule has 1 aliphatic carbocycles. The van der Waals surface area contributed by atoms with Gasteiger partial charge in [-0.3, -0.25) is 15.0 Å². The van der Waals surface area contributed by atoms with E-state index >= 15 is 0 Å². The molecule has 172 valence electrons. The summed E-state index contributed by atoms with van der Waals surface area (Å²) in [5.41, 5.74) is 0.684. The second-order valence-corrected chi connectivity index (χ2v) is 10.5. The van der Waals surface area contributed by atoms with Gasteiger partial charge in [-0.15, -0.1) is 0 Å². The van der Waals surface area contributed by atoms with Crippen molar-refractivity contribution < 1.29 is 31.6 Å². The first-order valence-electron chi connectivity index (χ1n) is 10.4. The van der Waals surface area contributed by atoms with Gasteiger partial charge in [0.25, 0.3) is 0 Å². The van der Waals surface area contributed by atoms with Gasteiger partial charge in [0.1, 0.15) is 12.8 Å². The van der Waals surface area contributed by atoms with E-state index in [2.05, 4.69) is 10.3 Å². The number of rotatable bonds is 10. The predicted molar refractivity (Wildman–Crippen MR) is 113 cm³/mol. The molecule has 1 aromatic heterocycles. The Bertz CT molecular complexity index is 1130. The van der Waals surface area contributed by atoms with Crippen LogP contribution in [-0.2, 0) is 21.1 Å². The molecule has 4 rings (SSSR count). The van der Waals surface area contributed by atoms with Crippen molar-refractivity contribution in [1.29, 1.82) is 0 Å².